The van der Waals surface area contributed by atoms with Gasteiger partial charge < -0.3 is 10.1 Å². The first kappa shape index (κ1) is 13.2. The topological polar surface area (TPSA) is 73.2 Å². The summed E-state index contributed by atoms with van der Waals surface area (Å²) in [7, 11) is 3.05. The Labute approximate surface area is 99.9 Å². The monoisotopic (exact) mass is 239 g/mol. The first-order valence-corrected chi connectivity index (χ1v) is 5.27. The van der Waals surface area contributed by atoms with Crippen LogP contribution in [0.15, 0.2) is 0 Å². The zero-order valence-electron chi connectivity index (χ0n) is 10.7. The van der Waals surface area contributed by atoms with Gasteiger partial charge in [0.2, 0.25) is 0 Å². The Kier molecular flexibility index (Phi) is 3.88. The maximum absolute atomic E-state index is 12.0. The number of aromatic nitrogens is 2. The van der Waals surface area contributed by atoms with Crippen LogP contribution in [0.3, 0.4) is 0 Å². The lowest BCUT2D eigenvalue weighted by atomic mass is 10.1. The lowest BCUT2D eigenvalue weighted by Crippen LogP contribution is -2.39. The van der Waals surface area contributed by atoms with Gasteiger partial charge in [-0.15, -0.1) is 0 Å². The fraction of sp³-hybridized carbons (Fsp3) is 0.545. The van der Waals surface area contributed by atoms with E-state index in [-0.39, 0.29) is 5.91 Å². The molecule has 0 fully saturated rings. The van der Waals surface area contributed by atoms with Gasteiger partial charge in [0.25, 0.3) is 5.91 Å². The molecule has 1 aromatic heterocycles. The number of hydrogen-bond donors (Lipinski definition) is 1. The van der Waals surface area contributed by atoms with Crippen LogP contribution in [0.2, 0.25) is 0 Å². The van der Waals surface area contributed by atoms with Crippen molar-refractivity contribution in [2.24, 2.45) is 7.05 Å². The molecule has 0 spiro atoms. The second-order valence-corrected chi connectivity index (χ2v) is 3.89. The molecule has 0 aliphatic rings. The summed E-state index contributed by atoms with van der Waals surface area (Å²) in [5, 5.41) is 6.72. The summed E-state index contributed by atoms with van der Waals surface area (Å²) in [6, 6.07) is -0.675. The molecule has 0 saturated carbocycles. The van der Waals surface area contributed by atoms with Gasteiger partial charge >= 0.3 is 5.97 Å². The largest absolute Gasteiger partial charge is 0.467 e. The van der Waals surface area contributed by atoms with Crippen LogP contribution in [0.5, 0.6) is 0 Å². The number of rotatable bonds is 3. The van der Waals surface area contributed by atoms with E-state index in [2.05, 4.69) is 15.2 Å². The highest BCUT2D eigenvalue weighted by Crippen LogP contribution is 2.11. The molecule has 0 aliphatic carbocycles. The van der Waals surface area contributed by atoms with Crippen molar-refractivity contribution in [1.82, 2.24) is 15.1 Å². The van der Waals surface area contributed by atoms with Crippen LogP contribution in [0.4, 0.5) is 0 Å². The third kappa shape index (κ3) is 2.64. The van der Waals surface area contributed by atoms with Gasteiger partial charge in [0.1, 0.15) is 6.04 Å². The molecule has 1 rings (SSSR count). The van der Waals surface area contributed by atoms with Crippen molar-refractivity contribution in [2.75, 3.05) is 7.11 Å². The van der Waals surface area contributed by atoms with Gasteiger partial charge in [0.05, 0.1) is 18.4 Å². The SMILES string of the molecule is COC(=O)C(C)NC(=O)c1c(C)nn(C)c1C. The van der Waals surface area contributed by atoms with E-state index in [1.807, 2.05) is 0 Å². The second kappa shape index (κ2) is 4.99. The van der Waals surface area contributed by atoms with E-state index in [4.69, 9.17) is 0 Å². The minimum atomic E-state index is -0.675. The fourth-order valence-corrected chi connectivity index (χ4v) is 1.61. The predicted molar refractivity (Wildman–Crippen MR) is 61.6 cm³/mol. The number of methoxy groups -OCH3 is 1. The number of carbonyl (C=O) groups excluding carboxylic acids is 2. The highest BCUT2D eigenvalue weighted by atomic mass is 16.5. The zero-order chi connectivity index (χ0) is 13.2. The maximum atomic E-state index is 12.0. The molecule has 0 radical (unpaired) electrons. The van der Waals surface area contributed by atoms with Crippen molar-refractivity contribution in [3.8, 4) is 0 Å². The number of hydrogen-bond acceptors (Lipinski definition) is 4. The Morgan fingerprint density at radius 2 is 2.00 bits per heavy atom. The number of amides is 1. The number of nitrogens with one attached hydrogen (secondary N) is 1. The van der Waals surface area contributed by atoms with Crippen molar-refractivity contribution in [1.29, 1.82) is 0 Å². The molecule has 1 amide bonds. The summed E-state index contributed by atoms with van der Waals surface area (Å²) in [6.45, 7) is 5.13. The van der Waals surface area contributed by atoms with E-state index in [1.54, 1.807) is 32.5 Å². The predicted octanol–water partition coefficient (Wildman–Crippen LogP) is 0.328. The Hall–Kier alpha value is -1.85. The standard InChI is InChI=1S/C11H17N3O3/c1-6-9(8(3)14(4)13-6)10(15)12-7(2)11(16)17-5/h7H,1-5H3,(H,12,15). The Balaban J connectivity index is 2.87. The third-order valence-electron chi connectivity index (χ3n) is 2.64. The highest BCUT2D eigenvalue weighted by molar-refractivity contribution is 5.98. The van der Waals surface area contributed by atoms with Gasteiger partial charge in [-0.3, -0.25) is 9.48 Å². The molecule has 6 nitrogen and oxygen atoms in total. The van der Waals surface area contributed by atoms with Crippen molar-refractivity contribution >= 4 is 11.9 Å². The Bertz CT molecular complexity index is 451. The highest BCUT2D eigenvalue weighted by Gasteiger charge is 2.21. The van der Waals surface area contributed by atoms with Crippen LogP contribution in [-0.4, -0.2) is 34.8 Å². The van der Waals surface area contributed by atoms with E-state index in [9.17, 15) is 9.59 Å². The third-order valence-corrected chi connectivity index (χ3v) is 2.64. The maximum Gasteiger partial charge on any atom is 0.328 e. The van der Waals surface area contributed by atoms with E-state index < -0.39 is 12.0 Å². The molecular weight excluding hydrogens is 222 g/mol. The molecule has 6 heteroatoms. The molecule has 0 aliphatic heterocycles. The van der Waals surface area contributed by atoms with Crippen LogP contribution in [0.1, 0.15) is 28.7 Å². The van der Waals surface area contributed by atoms with E-state index in [0.29, 0.717) is 11.3 Å². The molecule has 0 aromatic carbocycles. The molecule has 17 heavy (non-hydrogen) atoms. The molecule has 0 bridgehead atoms. The average molecular weight is 239 g/mol. The molecule has 1 aromatic rings. The molecule has 1 heterocycles. The Morgan fingerprint density at radius 3 is 2.41 bits per heavy atom. The van der Waals surface area contributed by atoms with Crippen LogP contribution in [0.25, 0.3) is 0 Å². The van der Waals surface area contributed by atoms with Gasteiger partial charge in [0.15, 0.2) is 0 Å². The van der Waals surface area contributed by atoms with Crippen molar-refractivity contribution < 1.29 is 14.3 Å². The summed E-state index contributed by atoms with van der Waals surface area (Å²) in [6.07, 6.45) is 0. The first-order valence-electron chi connectivity index (χ1n) is 5.27. The number of nitrogens with zero attached hydrogens (tertiary/aromatic N) is 2. The lowest BCUT2D eigenvalue weighted by molar-refractivity contribution is -0.142. The van der Waals surface area contributed by atoms with Crippen molar-refractivity contribution in [3.05, 3.63) is 17.0 Å². The van der Waals surface area contributed by atoms with Crippen LogP contribution in [-0.2, 0) is 16.6 Å². The van der Waals surface area contributed by atoms with Crippen LogP contribution < -0.4 is 5.32 Å². The molecule has 1 atom stereocenters. The normalized spacial score (nSPS) is 12.1. The average Bonchev–Trinajstić information content (AvgIpc) is 2.51. The van der Waals surface area contributed by atoms with Crippen LogP contribution in [0, 0.1) is 13.8 Å². The number of esters is 1. The summed E-state index contributed by atoms with van der Waals surface area (Å²) < 4.78 is 6.17. The van der Waals surface area contributed by atoms with E-state index in [1.165, 1.54) is 7.11 Å². The molecular formula is C11H17N3O3. The quantitative estimate of drug-likeness (QED) is 0.771. The molecule has 94 valence electrons. The van der Waals surface area contributed by atoms with E-state index >= 15 is 0 Å². The first-order chi connectivity index (χ1) is 7.88. The number of carbonyl (C=O) groups is 2. The second-order valence-electron chi connectivity index (χ2n) is 3.89. The minimum absolute atomic E-state index is 0.314. The summed E-state index contributed by atoms with van der Waals surface area (Å²) in [5.74, 6) is -0.788. The molecule has 0 saturated heterocycles. The van der Waals surface area contributed by atoms with E-state index in [0.717, 1.165) is 5.69 Å². The van der Waals surface area contributed by atoms with Crippen LogP contribution >= 0.6 is 0 Å². The van der Waals surface area contributed by atoms with Crippen molar-refractivity contribution in [3.63, 3.8) is 0 Å². The number of aryl methyl sites for hydroxylation is 2. The summed E-state index contributed by atoms with van der Waals surface area (Å²) in [5.41, 5.74) is 1.90. The minimum Gasteiger partial charge on any atom is -0.467 e. The van der Waals surface area contributed by atoms with Gasteiger partial charge in [0, 0.05) is 12.7 Å². The molecule has 1 unspecified atom stereocenters. The summed E-state index contributed by atoms with van der Waals surface area (Å²) >= 11 is 0. The Morgan fingerprint density at radius 1 is 1.41 bits per heavy atom. The van der Waals surface area contributed by atoms with Gasteiger partial charge in [-0.1, -0.05) is 0 Å². The van der Waals surface area contributed by atoms with Gasteiger partial charge in [-0.2, -0.15) is 5.10 Å². The zero-order valence-corrected chi connectivity index (χ0v) is 10.7. The summed E-state index contributed by atoms with van der Waals surface area (Å²) in [4.78, 5) is 23.2. The van der Waals surface area contributed by atoms with Gasteiger partial charge in [-0.25, -0.2) is 4.79 Å². The number of ether oxygens (including phenoxy) is 1. The smallest absolute Gasteiger partial charge is 0.328 e. The van der Waals surface area contributed by atoms with Gasteiger partial charge in [-0.05, 0) is 20.8 Å². The van der Waals surface area contributed by atoms with Crippen molar-refractivity contribution in [2.45, 2.75) is 26.8 Å². The molecule has 1 N–H and O–H groups in total. The lowest BCUT2D eigenvalue weighted by Gasteiger charge is -2.11. The fourth-order valence-electron chi connectivity index (χ4n) is 1.61.